The van der Waals surface area contributed by atoms with E-state index in [0.29, 0.717) is 23.8 Å². The number of sulfonamides is 1. The third-order valence-corrected chi connectivity index (χ3v) is 8.32. The van der Waals surface area contributed by atoms with Crippen LogP contribution in [-0.2, 0) is 40.2 Å². The van der Waals surface area contributed by atoms with Crippen molar-refractivity contribution in [2.75, 3.05) is 32.8 Å². The average Bonchev–Trinajstić information content (AvgIpc) is 2.94. The van der Waals surface area contributed by atoms with E-state index in [1.165, 1.54) is 23.1 Å². The van der Waals surface area contributed by atoms with Crippen LogP contribution in [0.4, 0.5) is 4.79 Å². The molecule has 43 heavy (non-hydrogen) atoms. The van der Waals surface area contributed by atoms with E-state index < -0.39 is 52.9 Å². The molecule has 0 spiro atoms. The number of ether oxygens (including phenoxy) is 3. The number of amides is 3. The number of nitrogens with one attached hydrogen (secondary N) is 2. The maximum absolute atomic E-state index is 13.7. The minimum absolute atomic E-state index is 0.0293. The number of nitrogens with two attached hydrogens (primary N) is 1. The summed E-state index contributed by atoms with van der Waals surface area (Å²) in [5.74, 6) is -1.46. The lowest BCUT2D eigenvalue weighted by Gasteiger charge is -2.30. The number of halogens is 3. The Labute approximate surface area is 266 Å². The zero-order chi connectivity index (χ0) is 32.2. The Kier molecular flexibility index (Phi) is 15.0. The molecule has 16 heteroatoms. The Balaban J connectivity index is 2.32. The van der Waals surface area contributed by atoms with Gasteiger partial charge in [0.15, 0.2) is 12.4 Å². The molecule has 0 aliphatic rings. The molecule has 2 unspecified atom stereocenters. The van der Waals surface area contributed by atoms with E-state index >= 15 is 0 Å². The van der Waals surface area contributed by atoms with Crippen LogP contribution in [-0.4, -0.2) is 82.5 Å². The standard InChI is InChI=1S/C27H35Cl3N4O8S/c1-4-34(16-24(40-5-2)41-6-3)26(36)21(13-17-7-9-18(28)10-8-17)33-25(35)22(42-27(31)37)15-32-43(38,39)23-12-11-19(29)14-20(23)30/h7-12,14,21-22,24,32H,4-6,13,15-16H2,1-3H3,(H2,31,37)(H,33,35). The zero-order valence-corrected chi connectivity index (χ0v) is 26.9. The van der Waals surface area contributed by atoms with Crippen LogP contribution in [0.15, 0.2) is 47.4 Å². The first-order valence-electron chi connectivity index (χ1n) is 13.3. The average molecular weight is 682 g/mol. The summed E-state index contributed by atoms with van der Waals surface area (Å²) in [5, 5.41) is 3.10. The highest BCUT2D eigenvalue weighted by atomic mass is 35.5. The first-order chi connectivity index (χ1) is 20.3. The maximum atomic E-state index is 13.7. The lowest BCUT2D eigenvalue weighted by Crippen LogP contribution is -2.55. The lowest BCUT2D eigenvalue weighted by atomic mass is 10.0. The predicted molar refractivity (Wildman–Crippen MR) is 162 cm³/mol. The SMILES string of the molecule is CCOC(CN(CC)C(=O)C(Cc1ccc(Cl)cc1)NC(=O)C(CNS(=O)(=O)c1ccc(Cl)cc1Cl)OC(N)=O)OCC. The Hall–Kier alpha value is -2.65. The molecule has 2 aromatic carbocycles. The summed E-state index contributed by atoms with van der Waals surface area (Å²) in [4.78, 5) is 39.9. The van der Waals surface area contributed by atoms with Crippen molar-refractivity contribution in [3.63, 3.8) is 0 Å². The van der Waals surface area contributed by atoms with Crippen LogP contribution in [0.5, 0.6) is 0 Å². The number of nitrogens with zero attached hydrogens (tertiary/aromatic N) is 1. The molecular weight excluding hydrogens is 647 g/mol. The van der Waals surface area contributed by atoms with Crippen molar-refractivity contribution in [3.05, 3.63) is 63.1 Å². The lowest BCUT2D eigenvalue weighted by molar-refractivity contribution is -0.160. The molecule has 0 bridgehead atoms. The number of primary amides is 1. The second-order valence-corrected chi connectivity index (χ2v) is 12.0. The quantitative estimate of drug-likeness (QED) is 0.214. The molecule has 4 N–H and O–H groups in total. The maximum Gasteiger partial charge on any atom is 0.405 e. The fraction of sp³-hybridized carbons (Fsp3) is 0.444. The van der Waals surface area contributed by atoms with Gasteiger partial charge in [-0.25, -0.2) is 17.9 Å². The summed E-state index contributed by atoms with van der Waals surface area (Å²) >= 11 is 17.9. The molecule has 3 amide bonds. The largest absolute Gasteiger partial charge is 0.435 e. The van der Waals surface area contributed by atoms with Gasteiger partial charge >= 0.3 is 6.09 Å². The van der Waals surface area contributed by atoms with Gasteiger partial charge in [-0.15, -0.1) is 0 Å². The normalized spacial score (nSPS) is 12.9. The van der Waals surface area contributed by atoms with Crippen molar-refractivity contribution in [1.82, 2.24) is 14.9 Å². The van der Waals surface area contributed by atoms with E-state index in [9.17, 15) is 22.8 Å². The van der Waals surface area contributed by atoms with Crippen molar-refractivity contribution in [1.29, 1.82) is 0 Å². The first kappa shape index (κ1) is 36.5. The van der Waals surface area contributed by atoms with E-state index in [4.69, 9.17) is 54.7 Å². The Morgan fingerprint density at radius 2 is 1.56 bits per heavy atom. The molecule has 12 nitrogen and oxygen atoms in total. The van der Waals surface area contributed by atoms with Crippen LogP contribution in [0, 0.1) is 0 Å². The summed E-state index contributed by atoms with van der Waals surface area (Å²) < 4.78 is 44.0. The molecule has 2 rings (SSSR count). The third-order valence-electron chi connectivity index (χ3n) is 5.93. The summed E-state index contributed by atoms with van der Waals surface area (Å²) in [5.41, 5.74) is 5.83. The van der Waals surface area contributed by atoms with Gasteiger partial charge in [-0.2, -0.15) is 0 Å². The second-order valence-electron chi connectivity index (χ2n) is 8.96. The molecule has 0 saturated heterocycles. The van der Waals surface area contributed by atoms with E-state index in [1.807, 2.05) is 0 Å². The van der Waals surface area contributed by atoms with E-state index in [-0.39, 0.29) is 34.5 Å². The molecular formula is C27H35Cl3N4O8S. The van der Waals surface area contributed by atoms with Crippen LogP contribution >= 0.6 is 34.8 Å². The van der Waals surface area contributed by atoms with Crippen molar-refractivity contribution >= 4 is 62.7 Å². The fourth-order valence-electron chi connectivity index (χ4n) is 3.91. The summed E-state index contributed by atoms with van der Waals surface area (Å²) in [7, 11) is -4.28. The van der Waals surface area contributed by atoms with Crippen molar-refractivity contribution < 1.29 is 37.0 Å². The van der Waals surface area contributed by atoms with Crippen molar-refractivity contribution in [3.8, 4) is 0 Å². The topological polar surface area (TPSA) is 166 Å². The predicted octanol–water partition coefficient (Wildman–Crippen LogP) is 3.36. The van der Waals surface area contributed by atoms with Crippen LogP contribution in [0.2, 0.25) is 15.1 Å². The van der Waals surface area contributed by atoms with Crippen molar-refractivity contribution in [2.24, 2.45) is 5.73 Å². The number of hydrogen-bond acceptors (Lipinski definition) is 8. The molecule has 0 radical (unpaired) electrons. The molecule has 2 aromatic rings. The Morgan fingerprint density at radius 1 is 0.953 bits per heavy atom. The molecule has 0 aromatic heterocycles. The van der Waals surface area contributed by atoms with Gasteiger partial charge in [0.1, 0.15) is 10.9 Å². The van der Waals surface area contributed by atoms with Gasteiger partial charge in [0.05, 0.1) is 18.1 Å². The van der Waals surface area contributed by atoms with Gasteiger partial charge < -0.3 is 30.2 Å². The van der Waals surface area contributed by atoms with Crippen LogP contribution < -0.4 is 15.8 Å². The number of carbonyl (C=O) groups is 3. The second kappa shape index (κ2) is 17.6. The van der Waals surface area contributed by atoms with Gasteiger partial charge in [0.2, 0.25) is 15.9 Å². The van der Waals surface area contributed by atoms with Gasteiger partial charge in [0, 0.05) is 36.2 Å². The Morgan fingerprint density at radius 3 is 2.09 bits per heavy atom. The molecule has 0 fully saturated rings. The van der Waals surface area contributed by atoms with Crippen molar-refractivity contribution in [2.45, 2.75) is 50.5 Å². The number of carbonyl (C=O) groups excluding carboxylic acids is 3. The van der Waals surface area contributed by atoms with E-state index in [1.54, 1.807) is 45.0 Å². The molecule has 238 valence electrons. The summed E-state index contributed by atoms with van der Waals surface area (Å²) in [6, 6.07) is 9.20. The first-order valence-corrected chi connectivity index (χ1v) is 15.9. The van der Waals surface area contributed by atoms with E-state index in [0.717, 1.165) is 0 Å². The summed E-state index contributed by atoms with van der Waals surface area (Å²) in [6.45, 7) is 5.66. The molecule has 0 aliphatic carbocycles. The van der Waals surface area contributed by atoms with Crippen LogP contribution in [0.1, 0.15) is 26.3 Å². The molecule has 2 atom stereocenters. The van der Waals surface area contributed by atoms with Gasteiger partial charge in [0.25, 0.3) is 5.91 Å². The minimum atomic E-state index is -4.28. The molecule has 0 aliphatic heterocycles. The summed E-state index contributed by atoms with van der Waals surface area (Å²) in [6.07, 6.45) is -3.75. The van der Waals surface area contributed by atoms with Crippen LogP contribution in [0.25, 0.3) is 0 Å². The highest BCUT2D eigenvalue weighted by Gasteiger charge is 2.32. The number of hydrogen-bond donors (Lipinski definition) is 3. The van der Waals surface area contributed by atoms with Gasteiger partial charge in [-0.3, -0.25) is 9.59 Å². The number of rotatable bonds is 17. The van der Waals surface area contributed by atoms with Crippen LogP contribution in [0.3, 0.4) is 0 Å². The van der Waals surface area contributed by atoms with Gasteiger partial charge in [-0.1, -0.05) is 46.9 Å². The third kappa shape index (κ3) is 11.8. The fourth-order valence-corrected chi connectivity index (χ4v) is 5.83. The minimum Gasteiger partial charge on any atom is -0.435 e. The molecule has 0 heterocycles. The van der Waals surface area contributed by atoms with Gasteiger partial charge in [-0.05, 0) is 56.7 Å². The number of benzene rings is 2. The highest BCUT2D eigenvalue weighted by molar-refractivity contribution is 7.89. The molecule has 0 saturated carbocycles. The van der Waals surface area contributed by atoms with E-state index in [2.05, 4.69) is 10.0 Å². The smallest absolute Gasteiger partial charge is 0.405 e. The Bertz CT molecular complexity index is 1340. The monoisotopic (exact) mass is 680 g/mol. The highest BCUT2D eigenvalue weighted by Crippen LogP contribution is 2.24. The zero-order valence-electron chi connectivity index (χ0n) is 23.8. The number of likely N-dealkylation sites (N-methyl/N-ethyl adjacent to an activating group) is 1.